The molecule has 0 radical (unpaired) electrons. The number of nitrogens with zero attached hydrogens (tertiary/aromatic N) is 2. The van der Waals surface area contributed by atoms with Crippen LogP contribution in [0.2, 0.25) is 0 Å². The van der Waals surface area contributed by atoms with E-state index in [9.17, 15) is 4.79 Å². The average Bonchev–Trinajstić information content (AvgIpc) is 2.39. The maximum absolute atomic E-state index is 12.5. The summed E-state index contributed by atoms with van der Waals surface area (Å²) in [6.45, 7) is 8.53. The van der Waals surface area contributed by atoms with E-state index in [1.165, 1.54) is 0 Å². The Morgan fingerprint density at radius 2 is 1.94 bits per heavy atom. The van der Waals surface area contributed by atoms with Crippen LogP contribution in [0.4, 0.5) is 5.82 Å². The second-order valence-electron chi connectivity index (χ2n) is 4.22. The fraction of sp³-hybridized carbons (Fsp3) is 0.571. The van der Waals surface area contributed by atoms with Crippen molar-refractivity contribution in [1.82, 2.24) is 9.88 Å². The number of anilines is 1. The molecule has 0 aliphatic rings. The van der Waals surface area contributed by atoms with Crippen LogP contribution < -0.4 is 5.32 Å². The van der Waals surface area contributed by atoms with Crippen molar-refractivity contribution in [2.24, 2.45) is 0 Å². The predicted octanol–water partition coefficient (Wildman–Crippen LogP) is 2.78. The summed E-state index contributed by atoms with van der Waals surface area (Å²) in [4.78, 5) is 18.6. The van der Waals surface area contributed by atoms with Crippen molar-refractivity contribution < 1.29 is 4.79 Å². The minimum Gasteiger partial charge on any atom is -0.370 e. The second-order valence-corrected chi connectivity index (χ2v) is 4.22. The number of nitrogens with one attached hydrogen (secondary N) is 1. The molecule has 18 heavy (non-hydrogen) atoms. The van der Waals surface area contributed by atoms with E-state index < -0.39 is 0 Å². The van der Waals surface area contributed by atoms with Gasteiger partial charge >= 0.3 is 0 Å². The molecular weight excluding hydrogens is 226 g/mol. The third-order valence-electron chi connectivity index (χ3n) is 2.66. The van der Waals surface area contributed by atoms with E-state index in [-0.39, 0.29) is 5.91 Å². The molecule has 0 fully saturated rings. The van der Waals surface area contributed by atoms with Crippen molar-refractivity contribution in [3.63, 3.8) is 0 Å². The van der Waals surface area contributed by atoms with Gasteiger partial charge in [-0.25, -0.2) is 4.98 Å². The summed E-state index contributed by atoms with van der Waals surface area (Å²) >= 11 is 0. The molecule has 0 bridgehead atoms. The van der Waals surface area contributed by atoms with Crippen LogP contribution in [-0.4, -0.2) is 35.4 Å². The molecule has 1 aromatic heterocycles. The zero-order chi connectivity index (χ0) is 13.4. The standard InChI is InChI=1S/C14H23N3O/c1-4-10-17(11-5-2)14(18)12-8-7-9-16-13(12)15-6-3/h7-9H,4-6,10-11H2,1-3H3,(H,15,16). The van der Waals surface area contributed by atoms with Crippen molar-refractivity contribution in [3.05, 3.63) is 23.9 Å². The summed E-state index contributed by atoms with van der Waals surface area (Å²) in [5.41, 5.74) is 0.668. The number of carbonyl (C=O) groups excluding carboxylic acids is 1. The largest absolute Gasteiger partial charge is 0.370 e. The molecule has 1 rings (SSSR count). The fourth-order valence-corrected chi connectivity index (χ4v) is 1.91. The van der Waals surface area contributed by atoms with Gasteiger partial charge in [-0.3, -0.25) is 4.79 Å². The van der Waals surface area contributed by atoms with Gasteiger partial charge in [0.2, 0.25) is 0 Å². The summed E-state index contributed by atoms with van der Waals surface area (Å²) < 4.78 is 0. The van der Waals surface area contributed by atoms with Gasteiger partial charge < -0.3 is 10.2 Å². The van der Waals surface area contributed by atoms with Gasteiger partial charge in [0.1, 0.15) is 5.82 Å². The molecule has 1 N–H and O–H groups in total. The maximum Gasteiger partial charge on any atom is 0.257 e. The van der Waals surface area contributed by atoms with Crippen LogP contribution in [-0.2, 0) is 0 Å². The zero-order valence-electron chi connectivity index (χ0n) is 11.6. The lowest BCUT2D eigenvalue weighted by Gasteiger charge is -2.22. The van der Waals surface area contributed by atoms with E-state index in [2.05, 4.69) is 24.1 Å². The first-order chi connectivity index (χ1) is 8.74. The van der Waals surface area contributed by atoms with E-state index in [4.69, 9.17) is 0 Å². The third-order valence-corrected chi connectivity index (χ3v) is 2.66. The Morgan fingerprint density at radius 1 is 1.28 bits per heavy atom. The normalized spacial score (nSPS) is 10.2. The molecule has 0 spiro atoms. The van der Waals surface area contributed by atoms with Gasteiger partial charge in [0.05, 0.1) is 5.56 Å². The molecule has 100 valence electrons. The molecule has 1 amide bonds. The zero-order valence-corrected chi connectivity index (χ0v) is 11.6. The maximum atomic E-state index is 12.5. The van der Waals surface area contributed by atoms with Crippen LogP contribution in [0.3, 0.4) is 0 Å². The van der Waals surface area contributed by atoms with Crippen molar-refractivity contribution in [1.29, 1.82) is 0 Å². The van der Waals surface area contributed by atoms with Crippen LogP contribution in [0.1, 0.15) is 44.0 Å². The van der Waals surface area contributed by atoms with Crippen LogP contribution >= 0.6 is 0 Å². The van der Waals surface area contributed by atoms with E-state index in [0.717, 1.165) is 32.5 Å². The summed E-state index contributed by atoms with van der Waals surface area (Å²) in [5, 5.41) is 3.14. The molecule has 0 aliphatic heterocycles. The number of carbonyl (C=O) groups is 1. The van der Waals surface area contributed by atoms with E-state index >= 15 is 0 Å². The van der Waals surface area contributed by atoms with Crippen LogP contribution in [0, 0.1) is 0 Å². The molecule has 1 heterocycles. The van der Waals surface area contributed by atoms with E-state index in [0.29, 0.717) is 11.4 Å². The highest BCUT2D eigenvalue weighted by molar-refractivity contribution is 5.98. The predicted molar refractivity (Wildman–Crippen MR) is 74.9 cm³/mol. The minimum atomic E-state index is 0.0720. The first-order valence-corrected chi connectivity index (χ1v) is 6.72. The number of rotatable bonds is 7. The molecule has 0 atom stereocenters. The fourth-order valence-electron chi connectivity index (χ4n) is 1.91. The van der Waals surface area contributed by atoms with Crippen molar-refractivity contribution >= 4 is 11.7 Å². The highest BCUT2D eigenvalue weighted by atomic mass is 16.2. The van der Waals surface area contributed by atoms with Gasteiger partial charge in [0.25, 0.3) is 5.91 Å². The lowest BCUT2D eigenvalue weighted by molar-refractivity contribution is 0.0756. The second kappa shape index (κ2) is 7.69. The van der Waals surface area contributed by atoms with Gasteiger partial charge in [0, 0.05) is 25.8 Å². The van der Waals surface area contributed by atoms with E-state index in [1.807, 2.05) is 24.0 Å². The molecule has 0 saturated carbocycles. The van der Waals surface area contributed by atoms with Gasteiger partial charge in [0.15, 0.2) is 0 Å². The summed E-state index contributed by atoms with van der Waals surface area (Å²) in [5.74, 6) is 0.755. The Kier molecular flexibility index (Phi) is 6.19. The number of amides is 1. The average molecular weight is 249 g/mol. The Bertz CT molecular complexity index is 373. The van der Waals surface area contributed by atoms with Crippen LogP contribution in [0.15, 0.2) is 18.3 Å². The molecule has 0 unspecified atom stereocenters. The van der Waals surface area contributed by atoms with Gasteiger partial charge in [-0.2, -0.15) is 0 Å². The Balaban J connectivity index is 2.92. The lowest BCUT2D eigenvalue weighted by atomic mass is 10.2. The van der Waals surface area contributed by atoms with Gasteiger partial charge in [-0.1, -0.05) is 13.8 Å². The topological polar surface area (TPSA) is 45.2 Å². The van der Waals surface area contributed by atoms with Crippen LogP contribution in [0.5, 0.6) is 0 Å². The van der Waals surface area contributed by atoms with Crippen LogP contribution in [0.25, 0.3) is 0 Å². The Morgan fingerprint density at radius 3 is 2.50 bits per heavy atom. The lowest BCUT2D eigenvalue weighted by Crippen LogP contribution is -2.33. The first-order valence-electron chi connectivity index (χ1n) is 6.72. The molecular formula is C14H23N3O. The van der Waals surface area contributed by atoms with Crippen molar-refractivity contribution in [3.8, 4) is 0 Å². The van der Waals surface area contributed by atoms with Crippen molar-refractivity contribution in [2.75, 3.05) is 25.0 Å². The molecule has 0 aliphatic carbocycles. The number of pyridine rings is 1. The first kappa shape index (κ1) is 14.5. The molecule has 1 aromatic rings. The molecule has 0 aromatic carbocycles. The third kappa shape index (κ3) is 3.72. The molecule has 4 heteroatoms. The Hall–Kier alpha value is -1.58. The summed E-state index contributed by atoms with van der Waals surface area (Å²) in [7, 11) is 0. The summed E-state index contributed by atoms with van der Waals surface area (Å²) in [6.07, 6.45) is 3.66. The highest BCUT2D eigenvalue weighted by Crippen LogP contribution is 2.14. The molecule has 0 saturated heterocycles. The Labute approximate surface area is 109 Å². The van der Waals surface area contributed by atoms with Gasteiger partial charge in [-0.05, 0) is 31.9 Å². The number of aromatic nitrogens is 1. The quantitative estimate of drug-likeness (QED) is 0.808. The summed E-state index contributed by atoms with van der Waals surface area (Å²) in [6, 6.07) is 3.65. The van der Waals surface area contributed by atoms with E-state index in [1.54, 1.807) is 6.20 Å². The van der Waals surface area contributed by atoms with Gasteiger partial charge in [-0.15, -0.1) is 0 Å². The smallest absolute Gasteiger partial charge is 0.257 e. The number of hydrogen-bond acceptors (Lipinski definition) is 3. The molecule has 4 nitrogen and oxygen atoms in total. The highest BCUT2D eigenvalue weighted by Gasteiger charge is 2.17. The minimum absolute atomic E-state index is 0.0720. The van der Waals surface area contributed by atoms with Crippen molar-refractivity contribution in [2.45, 2.75) is 33.6 Å². The monoisotopic (exact) mass is 249 g/mol. The SMILES string of the molecule is CCCN(CCC)C(=O)c1cccnc1NCC. The number of hydrogen-bond donors (Lipinski definition) is 1.